The molecule has 0 spiro atoms. The van der Waals surface area contributed by atoms with Crippen LogP contribution in [0.5, 0.6) is 34.5 Å². The van der Waals surface area contributed by atoms with Gasteiger partial charge in [-0.3, -0.25) is 0 Å². The van der Waals surface area contributed by atoms with Crippen LogP contribution < -0.4 is 38.2 Å². The zero-order chi connectivity index (χ0) is 84.2. The van der Waals surface area contributed by atoms with Crippen molar-refractivity contribution in [3.05, 3.63) is 159 Å². The van der Waals surface area contributed by atoms with Gasteiger partial charge in [-0.2, -0.15) is 26.3 Å². The summed E-state index contributed by atoms with van der Waals surface area (Å²) in [5.74, 6) is 10.8. The predicted molar refractivity (Wildman–Crippen MR) is 423 cm³/mol. The molecule has 2 saturated heterocycles. The molecule has 7 aliphatic rings. The molecule has 4 fully saturated rings. The first kappa shape index (κ1) is 92.8. The maximum Gasteiger partial charge on any atom is 0.422 e. The summed E-state index contributed by atoms with van der Waals surface area (Å²) in [4.78, 5) is 2.51. The Hall–Kier alpha value is -6.69. The van der Waals surface area contributed by atoms with Gasteiger partial charge in [0.2, 0.25) is 0 Å². The van der Waals surface area contributed by atoms with Gasteiger partial charge >= 0.3 is 12.4 Å². The second-order valence-corrected chi connectivity index (χ2v) is 38.1. The summed E-state index contributed by atoms with van der Waals surface area (Å²) in [6, 6.07) is 29.3. The van der Waals surface area contributed by atoms with Crippen LogP contribution in [0.3, 0.4) is 0 Å². The summed E-state index contributed by atoms with van der Waals surface area (Å²) in [7, 11) is -8.10. The Morgan fingerprint density at radius 1 is 0.500 bits per heavy atom. The molecule has 27 heteroatoms. The second-order valence-electron chi connectivity index (χ2n) is 34.0. The Balaban J connectivity index is 0.000000179. The fraction of sp³-hybridized carbons (Fsp3) is 0.586. The van der Waals surface area contributed by atoms with Gasteiger partial charge in [-0.25, -0.2) is 25.3 Å². The number of hydrogen-bond donors (Lipinski definition) is 3. The van der Waals surface area contributed by atoms with E-state index in [-0.39, 0.29) is 43.9 Å². The van der Waals surface area contributed by atoms with Crippen LogP contribution in [0.25, 0.3) is 0 Å². The first-order valence-corrected chi connectivity index (χ1v) is 44.1. The van der Waals surface area contributed by atoms with Crippen molar-refractivity contribution in [3.8, 4) is 34.5 Å². The van der Waals surface area contributed by atoms with E-state index in [4.69, 9.17) is 28.4 Å². The van der Waals surface area contributed by atoms with Gasteiger partial charge in [-0.05, 0) is 234 Å². The van der Waals surface area contributed by atoms with Gasteiger partial charge in [0.05, 0.1) is 74.9 Å². The Bertz CT molecular complexity index is 4290. The van der Waals surface area contributed by atoms with E-state index in [0.29, 0.717) is 41.6 Å². The number of hydrogen-bond acceptors (Lipinski definition) is 16. The molecule has 18 nitrogen and oxygen atoms in total. The number of benzene rings is 6. The minimum atomic E-state index is -4.39. The van der Waals surface area contributed by atoms with Crippen LogP contribution in [0.15, 0.2) is 124 Å². The first-order chi connectivity index (χ1) is 53.2. The quantitative estimate of drug-likeness (QED) is 0.0503. The van der Waals surface area contributed by atoms with E-state index >= 15 is 0 Å². The third-order valence-electron chi connectivity index (χ3n) is 23.5. The summed E-state index contributed by atoms with van der Waals surface area (Å²) in [5, 5.41) is 10.6. The molecule has 12 atom stereocenters. The highest BCUT2D eigenvalue weighted by Gasteiger charge is 2.50. The van der Waals surface area contributed by atoms with Crippen molar-refractivity contribution < 1.29 is 109 Å². The highest BCUT2D eigenvalue weighted by Crippen LogP contribution is 2.53. The summed E-state index contributed by atoms with van der Waals surface area (Å²) in [5.41, 5.74) is 10.2. The number of nitrogens with one attached hydrogen (secondary N) is 2. The van der Waals surface area contributed by atoms with E-state index < -0.39 is 55.9 Å². The molecule has 634 valence electrons. The number of halogens is 6. The highest BCUT2D eigenvalue weighted by atomic mass is 32.2. The number of methoxy groups -OCH3 is 3. The van der Waals surface area contributed by atoms with Crippen LogP contribution >= 0.6 is 0 Å². The fourth-order valence-corrected chi connectivity index (χ4v) is 18.9. The molecule has 114 heavy (non-hydrogen) atoms. The Morgan fingerprint density at radius 2 is 0.921 bits per heavy atom. The lowest BCUT2D eigenvalue weighted by Gasteiger charge is -2.51. The molecule has 6 aromatic rings. The SMILES string of the molecule is COc1cc2c(cc1OCC(F)(F)F)CC[NH+]1C[C@@H](CC(C)C)[C@H](O)C[C@H]21.COc1cc2c(cc1OCC(F)(F)F)CC[NH+]1C[C@H](CC(C)C)[C@@H](C)C[C@@]21C.COc1cc2c(cc1OCC1CC1)CCC1C[C@@H](CC(C)C)[C@H](C)C[C@H]21.Cc1ccc(S(=O)(=O)[O-])cc1.Cc1ccc(S(=O)(=O)[O-])cc1.Cc1ccc(S(=O)(=O)[O-])cc1. The molecule has 0 radical (unpaired) electrons. The van der Waals surface area contributed by atoms with Crippen LogP contribution in [0.2, 0.25) is 0 Å². The van der Waals surface area contributed by atoms with Crippen molar-refractivity contribution >= 4 is 30.4 Å². The van der Waals surface area contributed by atoms with Crippen LogP contribution in [-0.2, 0) is 55.2 Å². The van der Waals surface area contributed by atoms with Crippen LogP contribution in [0.1, 0.15) is 189 Å². The normalized spacial score (nSPS) is 24.3. The molecule has 13 rings (SSSR count). The number of quaternary nitrogens is 2. The average Bonchev–Trinajstić information content (AvgIpc) is 0.997. The summed E-state index contributed by atoms with van der Waals surface area (Å²) >= 11 is 0. The Kier molecular flexibility index (Phi) is 32.3. The number of aliphatic hydroxyl groups is 1. The predicted octanol–water partition coefficient (Wildman–Crippen LogP) is 15.5. The lowest BCUT2D eigenvalue weighted by atomic mass is 9.61. The Labute approximate surface area is 672 Å². The number of aryl methyl sites for hydroxylation is 4. The average molecular weight is 1660 g/mol. The first-order valence-electron chi connectivity index (χ1n) is 39.9. The topological polar surface area (TPSA) is 256 Å². The van der Waals surface area contributed by atoms with Gasteiger partial charge in [0, 0.05) is 48.6 Å². The molecule has 3 unspecified atom stereocenters. The number of alkyl halides is 6. The molecule has 0 amide bonds. The van der Waals surface area contributed by atoms with Crippen molar-refractivity contribution in [2.75, 3.05) is 67.3 Å². The zero-order valence-electron chi connectivity index (χ0n) is 68.6. The van der Waals surface area contributed by atoms with Gasteiger partial charge in [0.25, 0.3) is 0 Å². The molecular weight excluding hydrogens is 1540 g/mol. The standard InChI is InChI=1S/C24H36O2.C22H32F3NO2.C20H28F3NO3.3C7H8O3S/c1-15(2)9-20-11-18-7-8-19-12-24(26-14-17-5-6-17)23(25-4)13-22(19)21(18)10-16(20)3;1-14(2)8-17-12-26-7-6-16-9-20(28-13-22(23,24)25)19(27-5)10-18(16)21(26,4)11-15(17)3;1-12(2)6-14-10-24-5-4-13-7-19(27-11-20(21,22)23)18(26-3)8-15(13)16(24)9-17(14)25;3*1-6-2-4-7(5-3-6)11(8,9)10/h12-13,15-18,20-21H,5-11,14H2,1-4H3;9-10,14-15,17H,6-8,11-13H2,1-5H3;7-8,12,14,16-17,25H,4-6,9-11H2,1-3H3;3*2-5H,1H3,(H,8,9,10)/p-1/t16-,18?,20-,21+;15-,17-,21-;14-,16-,17-;;;/m101.../s1. The number of piperidine rings is 2. The van der Waals surface area contributed by atoms with E-state index in [9.17, 15) is 70.4 Å². The molecule has 2 saturated carbocycles. The smallest absolute Gasteiger partial charge is 0.422 e. The van der Waals surface area contributed by atoms with Crippen molar-refractivity contribution in [1.82, 2.24) is 0 Å². The third kappa shape index (κ3) is 26.7. The molecule has 0 aromatic heterocycles. The highest BCUT2D eigenvalue weighted by molar-refractivity contribution is 7.86. The van der Waals surface area contributed by atoms with Crippen LogP contribution in [0, 0.1) is 80.0 Å². The maximum absolute atomic E-state index is 12.6. The largest absolute Gasteiger partial charge is 0.744 e. The molecule has 4 heterocycles. The van der Waals surface area contributed by atoms with Gasteiger partial charge in [-0.1, -0.05) is 108 Å². The molecular formula is C87H119F6N2O16S3-. The third-order valence-corrected chi connectivity index (χ3v) is 26.0. The summed E-state index contributed by atoms with van der Waals surface area (Å²) in [6.45, 7) is 28.5. The van der Waals surface area contributed by atoms with Gasteiger partial charge in [0.15, 0.2) is 47.7 Å². The minimum Gasteiger partial charge on any atom is -0.744 e. The fourth-order valence-electron chi connectivity index (χ4n) is 17.5. The van der Waals surface area contributed by atoms with Crippen molar-refractivity contribution in [2.45, 2.75) is 217 Å². The van der Waals surface area contributed by atoms with Gasteiger partial charge in [0.1, 0.15) is 41.9 Å². The lowest BCUT2D eigenvalue weighted by molar-refractivity contribution is -0.972. The number of ether oxygens (including phenoxy) is 6. The minimum absolute atomic E-state index is 0.0314. The van der Waals surface area contributed by atoms with E-state index in [2.05, 4.69) is 74.4 Å². The molecule has 6 aromatic carbocycles. The molecule has 0 bridgehead atoms. The zero-order valence-corrected chi connectivity index (χ0v) is 71.1. The Morgan fingerprint density at radius 3 is 1.37 bits per heavy atom. The molecule has 4 aliphatic heterocycles. The second kappa shape index (κ2) is 39.7. The van der Waals surface area contributed by atoms with Gasteiger partial charge < -0.3 is 57.0 Å². The monoisotopic (exact) mass is 1660 g/mol. The maximum atomic E-state index is 12.6. The van der Waals surface area contributed by atoms with Crippen molar-refractivity contribution in [2.24, 2.45) is 59.2 Å². The van der Waals surface area contributed by atoms with E-state index in [1.165, 1.54) is 118 Å². The summed E-state index contributed by atoms with van der Waals surface area (Å²) < 4.78 is 201. The molecule has 3 aliphatic carbocycles. The van der Waals surface area contributed by atoms with E-state index in [1.54, 1.807) is 72.2 Å². The number of rotatable bonds is 19. The lowest BCUT2D eigenvalue weighted by Crippen LogP contribution is -3.21. The number of aliphatic hydroxyl groups excluding tert-OH is 1. The van der Waals surface area contributed by atoms with E-state index in [0.717, 1.165) is 145 Å². The number of fused-ring (bicyclic) bond motifs is 9. The van der Waals surface area contributed by atoms with E-state index in [1.807, 2.05) is 26.8 Å². The molecule has 3 N–H and O–H groups in total. The van der Waals surface area contributed by atoms with Crippen LogP contribution in [0.4, 0.5) is 26.3 Å². The van der Waals surface area contributed by atoms with Gasteiger partial charge in [-0.15, -0.1) is 0 Å². The van der Waals surface area contributed by atoms with Crippen molar-refractivity contribution in [3.63, 3.8) is 0 Å². The van der Waals surface area contributed by atoms with Crippen molar-refractivity contribution in [1.29, 1.82) is 0 Å². The van der Waals surface area contributed by atoms with Crippen LogP contribution in [-0.4, -0.2) is 130 Å². The summed E-state index contributed by atoms with van der Waals surface area (Å²) in [6.07, 6.45) is 5.95.